The van der Waals surface area contributed by atoms with Crippen LogP contribution in [-0.2, 0) is 4.74 Å². The van der Waals surface area contributed by atoms with E-state index in [0.29, 0.717) is 23.7 Å². The fourth-order valence-electron chi connectivity index (χ4n) is 2.19. The lowest BCUT2D eigenvalue weighted by atomic mass is 10.1. The third kappa shape index (κ3) is 3.41. The van der Waals surface area contributed by atoms with Crippen molar-refractivity contribution in [2.75, 3.05) is 25.1 Å². The zero-order valence-electron chi connectivity index (χ0n) is 10.8. The lowest BCUT2D eigenvalue weighted by Gasteiger charge is -2.11. The molecule has 0 spiro atoms. The lowest BCUT2D eigenvalue weighted by Crippen LogP contribution is -2.10. The number of hydrogen-bond donors (Lipinski definition) is 1. The molecule has 6 heteroatoms. The Morgan fingerprint density at radius 3 is 3.00 bits per heavy atom. The van der Waals surface area contributed by atoms with E-state index >= 15 is 0 Å². The monoisotopic (exact) mass is 268 g/mol. The molecule has 1 aliphatic rings. The molecule has 0 radical (unpaired) electrons. The zero-order chi connectivity index (χ0) is 13.8. The summed E-state index contributed by atoms with van der Waals surface area (Å²) in [7, 11) is 0. The molecule has 5 nitrogen and oxygen atoms in total. The van der Waals surface area contributed by atoms with E-state index in [4.69, 9.17) is 4.74 Å². The van der Waals surface area contributed by atoms with E-state index in [0.717, 1.165) is 32.1 Å². The summed E-state index contributed by atoms with van der Waals surface area (Å²) < 4.78 is 18.6. The molecule has 0 bridgehead atoms. The van der Waals surface area contributed by atoms with Crippen LogP contribution < -0.4 is 5.32 Å². The van der Waals surface area contributed by atoms with Gasteiger partial charge in [-0.25, -0.2) is 4.39 Å². The number of aryl methyl sites for hydroxylation is 1. The number of ether oxygens (including phenoxy) is 1. The van der Waals surface area contributed by atoms with Crippen LogP contribution in [0, 0.1) is 28.8 Å². The second kappa shape index (κ2) is 5.97. The van der Waals surface area contributed by atoms with E-state index in [1.54, 1.807) is 6.92 Å². The summed E-state index contributed by atoms with van der Waals surface area (Å²) in [5.41, 5.74) is 0.561. The molecule has 0 aliphatic carbocycles. The van der Waals surface area contributed by atoms with E-state index in [9.17, 15) is 14.5 Å². The average Bonchev–Trinajstić information content (AvgIpc) is 2.86. The Kier molecular flexibility index (Phi) is 4.31. The van der Waals surface area contributed by atoms with Crippen LogP contribution >= 0.6 is 0 Å². The normalized spacial score (nSPS) is 18.5. The molecule has 0 aromatic heterocycles. The van der Waals surface area contributed by atoms with Gasteiger partial charge in [0.1, 0.15) is 11.5 Å². The highest BCUT2D eigenvalue weighted by atomic mass is 19.1. The Balaban J connectivity index is 2.01. The van der Waals surface area contributed by atoms with Crippen LogP contribution in [0.5, 0.6) is 0 Å². The van der Waals surface area contributed by atoms with E-state index < -0.39 is 10.7 Å². The smallest absolute Gasteiger partial charge is 0.295 e. The van der Waals surface area contributed by atoms with E-state index in [2.05, 4.69) is 5.32 Å². The predicted molar refractivity (Wildman–Crippen MR) is 69.8 cm³/mol. The van der Waals surface area contributed by atoms with Gasteiger partial charge >= 0.3 is 0 Å². The van der Waals surface area contributed by atoms with Gasteiger partial charge in [-0.2, -0.15) is 0 Å². The van der Waals surface area contributed by atoms with E-state index in [1.807, 2.05) is 0 Å². The molecule has 19 heavy (non-hydrogen) atoms. The largest absolute Gasteiger partial charge is 0.381 e. The Bertz CT molecular complexity index is 473. The summed E-state index contributed by atoms with van der Waals surface area (Å²) in [6, 6.07) is 2.45. The standard InChI is InChI=1S/C13H17FN2O3/c1-9-6-12(13(16(17)18)7-11(9)14)15-4-2-10-3-5-19-8-10/h6-7,10,15H,2-5,8H2,1H3. The van der Waals surface area contributed by atoms with Crippen LogP contribution in [0.4, 0.5) is 15.8 Å². The third-order valence-electron chi connectivity index (χ3n) is 3.37. The van der Waals surface area contributed by atoms with Crippen LogP contribution in [0.25, 0.3) is 0 Å². The van der Waals surface area contributed by atoms with Gasteiger partial charge in [-0.3, -0.25) is 10.1 Å². The van der Waals surface area contributed by atoms with E-state index in [-0.39, 0.29) is 5.69 Å². The molecule has 1 N–H and O–H groups in total. The second-order valence-electron chi connectivity index (χ2n) is 4.82. The molecule has 0 amide bonds. The number of nitro benzene ring substituents is 1. The molecule has 1 atom stereocenters. The van der Waals surface area contributed by atoms with Crippen LogP contribution in [0.2, 0.25) is 0 Å². The summed E-state index contributed by atoms with van der Waals surface area (Å²) in [6.07, 6.45) is 1.93. The first-order valence-corrected chi connectivity index (χ1v) is 6.34. The number of rotatable bonds is 5. The minimum atomic E-state index is -0.566. The van der Waals surface area contributed by atoms with Crippen LogP contribution in [0.15, 0.2) is 12.1 Å². The van der Waals surface area contributed by atoms with Crippen molar-refractivity contribution in [1.29, 1.82) is 0 Å². The van der Waals surface area contributed by atoms with Crippen molar-refractivity contribution in [1.82, 2.24) is 0 Å². The summed E-state index contributed by atoms with van der Waals surface area (Å²) in [5, 5.41) is 13.9. The molecule has 1 aliphatic heterocycles. The number of hydrogen-bond acceptors (Lipinski definition) is 4. The van der Waals surface area contributed by atoms with Gasteiger partial charge in [-0.05, 0) is 37.3 Å². The van der Waals surface area contributed by atoms with Gasteiger partial charge in [0.25, 0.3) is 5.69 Å². The molecular formula is C13H17FN2O3. The quantitative estimate of drug-likeness (QED) is 0.658. The Hall–Kier alpha value is -1.69. The summed E-state index contributed by atoms with van der Waals surface area (Å²) >= 11 is 0. The first kappa shape index (κ1) is 13.7. The highest BCUT2D eigenvalue weighted by Gasteiger charge is 2.18. The van der Waals surface area contributed by atoms with Crippen LogP contribution in [0.1, 0.15) is 18.4 Å². The van der Waals surface area contributed by atoms with Crippen LogP contribution in [-0.4, -0.2) is 24.7 Å². The fraction of sp³-hybridized carbons (Fsp3) is 0.538. The van der Waals surface area contributed by atoms with Crippen molar-refractivity contribution < 1.29 is 14.1 Å². The minimum Gasteiger partial charge on any atom is -0.381 e. The number of nitro groups is 1. The highest BCUT2D eigenvalue weighted by molar-refractivity contribution is 5.63. The number of nitrogens with one attached hydrogen (secondary N) is 1. The minimum absolute atomic E-state index is 0.217. The fourth-order valence-corrected chi connectivity index (χ4v) is 2.19. The van der Waals surface area contributed by atoms with Gasteiger partial charge in [0.05, 0.1) is 11.0 Å². The summed E-state index contributed by atoms with van der Waals surface area (Å²) in [6.45, 7) is 3.77. The SMILES string of the molecule is Cc1cc(NCCC2CCOC2)c([N+](=O)[O-])cc1F. The molecule has 104 valence electrons. The average molecular weight is 268 g/mol. The topological polar surface area (TPSA) is 64.4 Å². The van der Waals surface area contributed by atoms with Crippen molar-refractivity contribution in [3.05, 3.63) is 33.6 Å². The number of halogens is 1. The summed E-state index contributed by atoms with van der Waals surface area (Å²) in [5.74, 6) is -0.0467. The summed E-state index contributed by atoms with van der Waals surface area (Å²) in [4.78, 5) is 10.3. The Morgan fingerprint density at radius 2 is 2.37 bits per heavy atom. The molecule has 1 aromatic rings. The molecule has 1 fully saturated rings. The van der Waals surface area contributed by atoms with E-state index in [1.165, 1.54) is 6.07 Å². The van der Waals surface area contributed by atoms with Gasteiger partial charge in [-0.1, -0.05) is 0 Å². The van der Waals surface area contributed by atoms with Crippen molar-refractivity contribution >= 4 is 11.4 Å². The molecule has 1 aromatic carbocycles. The number of benzene rings is 1. The number of nitrogens with zero attached hydrogens (tertiary/aromatic N) is 1. The molecule has 1 unspecified atom stereocenters. The number of anilines is 1. The highest BCUT2D eigenvalue weighted by Crippen LogP contribution is 2.28. The second-order valence-corrected chi connectivity index (χ2v) is 4.82. The maximum absolute atomic E-state index is 13.3. The molecule has 1 saturated heterocycles. The first-order chi connectivity index (χ1) is 9.08. The van der Waals surface area contributed by atoms with Crippen molar-refractivity contribution in [2.24, 2.45) is 5.92 Å². The van der Waals surface area contributed by atoms with Crippen molar-refractivity contribution in [2.45, 2.75) is 19.8 Å². The molecule has 1 heterocycles. The van der Waals surface area contributed by atoms with Gasteiger partial charge in [0.15, 0.2) is 0 Å². The predicted octanol–water partition coefficient (Wildman–Crippen LogP) is 2.88. The van der Waals surface area contributed by atoms with Crippen molar-refractivity contribution in [3.8, 4) is 0 Å². The molecule has 2 rings (SSSR count). The van der Waals surface area contributed by atoms with Gasteiger partial charge in [0.2, 0.25) is 0 Å². The maximum atomic E-state index is 13.3. The van der Waals surface area contributed by atoms with Crippen molar-refractivity contribution in [3.63, 3.8) is 0 Å². The lowest BCUT2D eigenvalue weighted by molar-refractivity contribution is -0.384. The molecular weight excluding hydrogens is 251 g/mol. The first-order valence-electron chi connectivity index (χ1n) is 6.34. The van der Waals surface area contributed by atoms with Gasteiger partial charge in [-0.15, -0.1) is 0 Å². The maximum Gasteiger partial charge on any atom is 0.295 e. The Morgan fingerprint density at radius 1 is 1.58 bits per heavy atom. The van der Waals surface area contributed by atoms with Crippen LogP contribution in [0.3, 0.4) is 0 Å². The van der Waals surface area contributed by atoms with Gasteiger partial charge < -0.3 is 10.1 Å². The molecule has 0 saturated carbocycles. The zero-order valence-corrected chi connectivity index (χ0v) is 10.8. The Labute approximate surface area is 110 Å². The van der Waals surface area contributed by atoms with Gasteiger partial charge in [0, 0.05) is 19.8 Å². The third-order valence-corrected chi connectivity index (χ3v) is 3.37.